The number of nitrogens with one attached hydrogen (secondary N) is 1. The molecule has 0 bridgehead atoms. The van der Waals surface area contributed by atoms with Crippen molar-refractivity contribution in [2.45, 2.75) is 45.1 Å². The fourth-order valence-corrected chi connectivity index (χ4v) is 3.30. The second-order valence-corrected chi connectivity index (χ2v) is 6.43. The van der Waals surface area contributed by atoms with Gasteiger partial charge in [-0.15, -0.1) is 0 Å². The summed E-state index contributed by atoms with van der Waals surface area (Å²) in [6.45, 7) is 4.71. The molecule has 4 heteroatoms. The maximum Gasteiger partial charge on any atom is 0.148 e. The van der Waals surface area contributed by atoms with Gasteiger partial charge in [-0.05, 0) is 37.8 Å². The summed E-state index contributed by atoms with van der Waals surface area (Å²) < 4.78 is 0. The standard InChI is InChI=1S/C17H23N3O/c1-12-6-5-9-17(21,10-12)11-18-16-13(2)19-14-7-3-4-8-15(14)20-16/h3-4,7-8,12,21H,5-6,9-11H2,1-2H3,(H,18,20). The molecule has 2 N–H and O–H groups in total. The molecule has 21 heavy (non-hydrogen) atoms. The van der Waals surface area contributed by atoms with Crippen LogP contribution < -0.4 is 5.32 Å². The molecule has 1 aliphatic rings. The number of fused-ring (bicyclic) bond motifs is 1. The molecule has 4 nitrogen and oxygen atoms in total. The minimum absolute atomic E-state index is 0.547. The SMILES string of the molecule is Cc1nc2ccccc2nc1NCC1(O)CCCC(C)C1. The third-order valence-corrected chi connectivity index (χ3v) is 4.40. The van der Waals surface area contributed by atoms with Gasteiger partial charge in [0.1, 0.15) is 5.82 Å². The maximum atomic E-state index is 10.7. The molecule has 112 valence electrons. The second-order valence-electron chi connectivity index (χ2n) is 6.43. The Bertz CT molecular complexity index is 643. The van der Waals surface area contributed by atoms with E-state index in [1.807, 2.05) is 31.2 Å². The molecule has 2 unspecified atom stereocenters. The average Bonchev–Trinajstić information content (AvgIpc) is 2.45. The third kappa shape index (κ3) is 3.16. The minimum atomic E-state index is -0.614. The van der Waals surface area contributed by atoms with Crippen LogP contribution in [0.5, 0.6) is 0 Å². The average molecular weight is 285 g/mol. The fraction of sp³-hybridized carbons (Fsp3) is 0.529. The maximum absolute atomic E-state index is 10.7. The number of hydrogen-bond acceptors (Lipinski definition) is 4. The van der Waals surface area contributed by atoms with Crippen molar-refractivity contribution >= 4 is 16.9 Å². The predicted octanol–water partition coefficient (Wildman–Crippen LogP) is 3.29. The Labute approximate surface area is 125 Å². The lowest BCUT2D eigenvalue weighted by atomic mass is 9.79. The summed E-state index contributed by atoms with van der Waals surface area (Å²) in [4.78, 5) is 9.19. The molecule has 2 aromatic rings. The van der Waals surface area contributed by atoms with E-state index >= 15 is 0 Å². The first kappa shape index (κ1) is 14.3. The fourth-order valence-electron chi connectivity index (χ4n) is 3.30. The lowest BCUT2D eigenvalue weighted by Crippen LogP contribution is -2.41. The molecule has 1 saturated carbocycles. The van der Waals surface area contributed by atoms with E-state index in [9.17, 15) is 5.11 Å². The molecule has 1 fully saturated rings. The summed E-state index contributed by atoms with van der Waals surface area (Å²) >= 11 is 0. The van der Waals surface area contributed by atoms with E-state index in [1.165, 1.54) is 6.42 Å². The zero-order valence-corrected chi connectivity index (χ0v) is 12.8. The van der Waals surface area contributed by atoms with Crippen LogP contribution in [-0.4, -0.2) is 27.2 Å². The Kier molecular flexibility index (Phi) is 3.81. The van der Waals surface area contributed by atoms with Gasteiger partial charge in [0.2, 0.25) is 0 Å². The Balaban J connectivity index is 1.77. The molecule has 0 spiro atoms. The highest BCUT2D eigenvalue weighted by atomic mass is 16.3. The quantitative estimate of drug-likeness (QED) is 0.908. The first-order chi connectivity index (χ1) is 10.1. The van der Waals surface area contributed by atoms with Crippen LogP contribution in [0.25, 0.3) is 11.0 Å². The van der Waals surface area contributed by atoms with Gasteiger partial charge in [-0.1, -0.05) is 31.9 Å². The van der Waals surface area contributed by atoms with Crippen LogP contribution in [0.2, 0.25) is 0 Å². The summed E-state index contributed by atoms with van der Waals surface area (Å²) in [5.41, 5.74) is 2.05. The van der Waals surface area contributed by atoms with Crippen molar-refractivity contribution in [3.63, 3.8) is 0 Å². The highest BCUT2D eigenvalue weighted by molar-refractivity contribution is 5.76. The zero-order chi connectivity index (χ0) is 14.9. The van der Waals surface area contributed by atoms with Crippen LogP contribution >= 0.6 is 0 Å². The van der Waals surface area contributed by atoms with Crippen LogP contribution in [0.4, 0.5) is 5.82 Å². The number of benzene rings is 1. The van der Waals surface area contributed by atoms with Gasteiger partial charge in [0, 0.05) is 6.54 Å². The number of aryl methyl sites for hydroxylation is 1. The summed E-state index contributed by atoms with van der Waals surface area (Å²) in [5, 5.41) is 14.0. The number of rotatable bonds is 3. The molecule has 0 saturated heterocycles. The van der Waals surface area contributed by atoms with Gasteiger partial charge >= 0.3 is 0 Å². The van der Waals surface area contributed by atoms with E-state index in [4.69, 9.17) is 0 Å². The molecule has 3 rings (SSSR count). The molecule has 2 atom stereocenters. The van der Waals surface area contributed by atoms with E-state index in [2.05, 4.69) is 22.2 Å². The van der Waals surface area contributed by atoms with E-state index in [1.54, 1.807) is 0 Å². The van der Waals surface area contributed by atoms with Crippen molar-refractivity contribution in [1.82, 2.24) is 9.97 Å². The Morgan fingerprint density at radius 1 is 1.29 bits per heavy atom. The monoisotopic (exact) mass is 285 g/mol. The van der Waals surface area contributed by atoms with Crippen LogP contribution in [0.3, 0.4) is 0 Å². The van der Waals surface area contributed by atoms with E-state index in [0.29, 0.717) is 12.5 Å². The van der Waals surface area contributed by atoms with Gasteiger partial charge in [-0.3, -0.25) is 0 Å². The van der Waals surface area contributed by atoms with Crippen molar-refractivity contribution in [2.24, 2.45) is 5.92 Å². The molecule has 1 aliphatic carbocycles. The molecule has 0 aliphatic heterocycles. The lowest BCUT2D eigenvalue weighted by Gasteiger charge is -2.35. The number of para-hydroxylation sites is 2. The molecule has 0 radical (unpaired) electrons. The van der Waals surface area contributed by atoms with Gasteiger partial charge in [-0.2, -0.15) is 0 Å². The summed E-state index contributed by atoms with van der Waals surface area (Å²) in [6, 6.07) is 7.86. The Morgan fingerprint density at radius 3 is 2.71 bits per heavy atom. The zero-order valence-electron chi connectivity index (χ0n) is 12.8. The van der Waals surface area contributed by atoms with Gasteiger partial charge < -0.3 is 10.4 Å². The molecule has 1 heterocycles. The highest BCUT2D eigenvalue weighted by Crippen LogP contribution is 2.32. The van der Waals surface area contributed by atoms with Crippen molar-refractivity contribution in [3.8, 4) is 0 Å². The lowest BCUT2D eigenvalue weighted by molar-refractivity contribution is -0.000832. The number of nitrogens with zero attached hydrogens (tertiary/aromatic N) is 2. The van der Waals surface area contributed by atoms with Gasteiger partial charge in [0.15, 0.2) is 0 Å². The molecule has 1 aromatic heterocycles. The normalized spacial score (nSPS) is 26.0. The number of aliphatic hydroxyl groups is 1. The van der Waals surface area contributed by atoms with Crippen molar-refractivity contribution in [1.29, 1.82) is 0 Å². The van der Waals surface area contributed by atoms with E-state index < -0.39 is 5.60 Å². The largest absolute Gasteiger partial charge is 0.388 e. The topological polar surface area (TPSA) is 58.0 Å². The molecular formula is C17H23N3O. The van der Waals surface area contributed by atoms with Gasteiger partial charge in [0.25, 0.3) is 0 Å². The Hall–Kier alpha value is -1.68. The molecular weight excluding hydrogens is 262 g/mol. The van der Waals surface area contributed by atoms with Crippen LogP contribution in [0, 0.1) is 12.8 Å². The van der Waals surface area contributed by atoms with Crippen LogP contribution in [0.1, 0.15) is 38.3 Å². The van der Waals surface area contributed by atoms with Crippen LogP contribution in [0.15, 0.2) is 24.3 Å². The summed E-state index contributed by atoms with van der Waals surface area (Å²) in [6.07, 6.45) is 4.04. The number of aromatic nitrogens is 2. The van der Waals surface area contributed by atoms with Gasteiger partial charge in [-0.25, -0.2) is 9.97 Å². The molecule has 0 amide bonds. The number of anilines is 1. The van der Waals surface area contributed by atoms with Crippen molar-refractivity contribution in [3.05, 3.63) is 30.0 Å². The molecule has 1 aromatic carbocycles. The third-order valence-electron chi connectivity index (χ3n) is 4.40. The van der Waals surface area contributed by atoms with Crippen LogP contribution in [-0.2, 0) is 0 Å². The smallest absolute Gasteiger partial charge is 0.148 e. The first-order valence-corrected chi connectivity index (χ1v) is 7.75. The predicted molar refractivity (Wildman–Crippen MR) is 85.3 cm³/mol. The van der Waals surface area contributed by atoms with E-state index in [-0.39, 0.29) is 0 Å². The minimum Gasteiger partial charge on any atom is -0.388 e. The summed E-state index contributed by atoms with van der Waals surface area (Å²) in [7, 11) is 0. The number of hydrogen-bond donors (Lipinski definition) is 2. The Morgan fingerprint density at radius 2 is 2.00 bits per heavy atom. The van der Waals surface area contributed by atoms with E-state index in [0.717, 1.165) is 41.8 Å². The summed E-state index contributed by atoms with van der Waals surface area (Å²) in [5.74, 6) is 1.37. The first-order valence-electron chi connectivity index (χ1n) is 7.75. The highest BCUT2D eigenvalue weighted by Gasteiger charge is 2.32. The van der Waals surface area contributed by atoms with Crippen molar-refractivity contribution in [2.75, 3.05) is 11.9 Å². The van der Waals surface area contributed by atoms with Gasteiger partial charge in [0.05, 0.1) is 22.3 Å². The van der Waals surface area contributed by atoms with Crippen molar-refractivity contribution < 1.29 is 5.11 Å². The second kappa shape index (κ2) is 5.60.